The molecule has 1 fully saturated rings. The molecule has 1 rings (SSSR count). The van der Waals surface area contributed by atoms with Crippen LogP contribution in [0.15, 0.2) is 0 Å². The number of rotatable bonds is 9. The molecular formula is C18H39Cl2N3O2. The van der Waals surface area contributed by atoms with Gasteiger partial charge >= 0.3 is 0 Å². The molecular weight excluding hydrogens is 361 g/mol. The molecule has 0 radical (unpaired) electrons. The van der Waals surface area contributed by atoms with Gasteiger partial charge in [0.25, 0.3) is 0 Å². The van der Waals surface area contributed by atoms with Gasteiger partial charge in [0.1, 0.15) is 0 Å². The highest BCUT2D eigenvalue weighted by molar-refractivity contribution is 5.85. The maximum atomic E-state index is 13.1. The molecule has 2 unspecified atom stereocenters. The van der Waals surface area contributed by atoms with Crippen LogP contribution in [0.25, 0.3) is 0 Å². The predicted octanol–water partition coefficient (Wildman–Crippen LogP) is 2.80. The maximum absolute atomic E-state index is 13.1. The monoisotopic (exact) mass is 399 g/mol. The summed E-state index contributed by atoms with van der Waals surface area (Å²) in [7, 11) is 1.92. The van der Waals surface area contributed by atoms with Gasteiger partial charge in [-0.15, -0.1) is 24.8 Å². The number of carbonyl (C=O) groups excluding carboxylic acids is 1. The smallest absolute Gasteiger partial charge is 0.239 e. The van der Waals surface area contributed by atoms with E-state index in [1.165, 1.54) is 0 Å². The van der Waals surface area contributed by atoms with Gasteiger partial charge in [-0.25, -0.2) is 0 Å². The number of carbonyl (C=O) groups is 1. The molecule has 0 saturated carbocycles. The van der Waals surface area contributed by atoms with E-state index in [-0.39, 0.29) is 42.8 Å². The maximum Gasteiger partial charge on any atom is 0.239 e. The molecule has 0 bridgehead atoms. The van der Waals surface area contributed by atoms with E-state index >= 15 is 0 Å². The van der Waals surface area contributed by atoms with Crippen LogP contribution in [0.4, 0.5) is 0 Å². The first kappa shape index (κ1) is 27.2. The molecule has 1 aliphatic heterocycles. The van der Waals surface area contributed by atoms with E-state index in [0.717, 1.165) is 52.1 Å². The molecule has 7 heteroatoms. The first-order valence-corrected chi connectivity index (χ1v) is 9.24. The van der Waals surface area contributed by atoms with E-state index in [9.17, 15) is 4.79 Å². The summed E-state index contributed by atoms with van der Waals surface area (Å²) in [6.07, 6.45) is 2.92. The Bertz CT molecular complexity index is 349. The molecule has 0 aromatic rings. The molecule has 1 heterocycles. The summed E-state index contributed by atoms with van der Waals surface area (Å²) in [5.41, 5.74) is 6.13. The Morgan fingerprint density at radius 3 is 2.12 bits per heavy atom. The van der Waals surface area contributed by atoms with Gasteiger partial charge in [-0.3, -0.25) is 9.69 Å². The molecule has 1 amide bonds. The van der Waals surface area contributed by atoms with Gasteiger partial charge in [-0.1, -0.05) is 40.5 Å². The van der Waals surface area contributed by atoms with Crippen molar-refractivity contribution in [2.24, 2.45) is 17.6 Å². The summed E-state index contributed by atoms with van der Waals surface area (Å²) < 4.78 is 5.46. The molecule has 0 spiro atoms. The van der Waals surface area contributed by atoms with Gasteiger partial charge in [0.2, 0.25) is 5.91 Å². The second kappa shape index (κ2) is 14.0. The van der Waals surface area contributed by atoms with E-state index in [0.29, 0.717) is 11.8 Å². The van der Waals surface area contributed by atoms with Crippen LogP contribution in [-0.2, 0) is 9.53 Å². The van der Waals surface area contributed by atoms with Gasteiger partial charge in [-0.05, 0) is 18.3 Å². The third-order valence-electron chi connectivity index (χ3n) is 5.22. The largest absolute Gasteiger partial charge is 0.379 e. The lowest BCUT2D eigenvalue weighted by molar-refractivity contribution is -0.140. The molecule has 25 heavy (non-hydrogen) atoms. The zero-order valence-corrected chi connectivity index (χ0v) is 18.2. The van der Waals surface area contributed by atoms with Crippen LogP contribution in [0.1, 0.15) is 47.0 Å². The highest BCUT2D eigenvalue weighted by Gasteiger charge is 2.34. The van der Waals surface area contributed by atoms with E-state index < -0.39 is 0 Å². The minimum absolute atomic E-state index is 0. The Balaban J connectivity index is 0. The fourth-order valence-corrected chi connectivity index (χ4v) is 3.26. The minimum atomic E-state index is -0.0193. The van der Waals surface area contributed by atoms with E-state index in [4.69, 9.17) is 10.5 Å². The highest BCUT2D eigenvalue weighted by atomic mass is 35.5. The summed E-state index contributed by atoms with van der Waals surface area (Å²) in [5.74, 6) is 1.10. The Labute approximate surface area is 166 Å². The summed E-state index contributed by atoms with van der Waals surface area (Å²) in [6.45, 7) is 12.5. The van der Waals surface area contributed by atoms with Crippen molar-refractivity contribution in [2.45, 2.75) is 59.0 Å². The van der Waals surface area contributed by atoms with Gasteiger partial charge < -0.3 is 15.4 Å². The van der Waals surface area contributed by atoms with Crippen LogP contribution in [0.2, 0.25) is 0 Å². The standard InChI is InChI=1S/C18H37N3O2.2ClH/c1-6-15(7-2)17(21-10-12-23-13-11-21)18(22)20(5)9-8-16(19)14(3)4;;/h14-17H,6-13,19H2,1-5H3;2*1H. The number of ether oxygens (including phenoxy) is 1. The summed E-state index contributed by atoms with van der Waals surface area (Å²) in [5, 5.41) is 0. The number of nitrogens with zero attached hydrogens (tertiary/aromatic N) is 2. The van der Waals surface area contributed by atoms with Gasteiger partial charge in [0, 0.05) is 32.7 Å². The zero-order valence-electron chi connectivity index (χ0n) is 16.6. The number of halogens is 2. The van der Waals surface area contributed by atoms with Gasteiger partial charge in [0.15, 0.2) is 0 Å². The number of nitrogens with two attached hydrogens (primary N) is 1. The van der Waals surface area contributed by atoms with Crippen LogP contribution < -0.4 is 5.73 Å². The highest BCUT2D eigenvalue weighted by Crippen LogP contribution is 2.22. The SMILES string of the molecule is CCC(CC)C(C(=O)N(C)CCC(N)C(C)C)N1CCOCC1.Cl.Cl. The fourth-order valence-electron chi connectivity index (χ4n) is 3.26. The Morgan fingerprint density at radius 2 is 1.68 bits per heavy atom. The number of hydrogen-bond acceptors (Lipinski definition) is 4. The average molecular weight is 400 g/mol. The molecule has 1 saturated heterocycles. The van der Waals surface area contributed by atoms with E-state index in [1.807, 2.05) is 11.9 Å². The van der Waals surface area contributed by atoms with E-state index in [1.54, 1.807) is 0 Å². The Kier molecular flexibility index (Phi) is 15.3. The predicted molar refractivity (Wildman–Crippen MR) is 110 cm³/mol. The zero-order chi connectivity index (χ0) is 17.4. The van der Waals surface area contributed by atoms with Crippen LogP contribution in [0.5, 0.6) is 0 Å². The first-order chi connectivity index (χ1) is 10.9. The Hall–Kier alpha value is -0.0700. The molecule has 152 valence electrons. The quantitative estimate of drug-likeness (QED) is 0.647. The van der Waals surface area contributed by atoms with Crippen molar-refractivity contribution >= 4 is 30.7 Å². The van der Waals surface area contributed by atoms with Crippen molar-refractivity contribution < 1.29 is 9.53 Å². The minimum Gasteiger partial charge on any atom is -0.379 e. The normalized spacial score (nSPS) is 17.6. The second-order valence-electron chi connectivity index (χ2n) is 7.13. The molecule has 0 aromatic heterocycles. The first-order valence-electron chi connectivity index (χ1n) is 9.24. The molecule has 0 aliphatic carbocycles. The number of amides is 1. The Morgan fingerprint density at radius 1 is 1.16 bits per heavy atom. The molecule has 2 atom stereocenters. The fraction of sp³-hybridized carbons (Fsp3) is 0.944. The van der Waals surface area contributed by atoms with Crippen molar-refractivity contribution in [1.82, 2.24) is 9.80 Å². The third kappa shape index (κ3) is 8.44. The molecule has 1 aliphatic rings. The average Bonchev–Trinajstić information content (AvgIpc) is 2.57. The van der Waals surface area contributed by atoms with Crippen molar-refractivity contribution in [3.05, 3.63) is 0 Å². The van der Waals surface area contributed by atoms with Crippen molar-refractivity contribution in [3.63, 3.8) is 0 Å². The van der Waals surface area contributed by atoms with Crippen molar-refractivity contribution in [1.29, 1.82) is 0 Å². The molecule has 5 nitrogen and oxygen atoms in total. The summed E-state index contributed by atoms with van der Waals surface area (Å²) >= 11 is 0. The summed E-state index contributed by atoms with van der Waals surface area (Å²) in [6, 6.07) is 0.134. The number of hydrogen-bond donors (Lipinski definition) is 1. The lowest BCUT2D eigenvalue weighted by Gasteiger charge is -2.39. The van der Waals surface area contributed by atoms with E-state index in [2.05, 4.69) is 32.6 Å². The van der Waals surface area contributed by atoms with Gasteiger partial charge in [0.05, 0.1) is 19.3 Å². The van der Waals surface area contributed by atoms with Crippen LogP contribution in [0.3, 0.4) is 0 Å². The second-order valence-corrected chi connectivity index (χ2v) is 7.13. The molecule has 2 N–H and O–H groups in total. The topological polar surface area (TPSA) is 58.8 Å². The van der Waals surface area contributed by atoms with Crippen LogP contribution in [0, 0.1) is 11.8 Å². The number of likely N-dealkylation sites (N-methyl/N-ethyl adjacent to an activating group) is 1. The number of morpholine rings is 1. The lowest BCUT2D eigenvalue weighted by Crippen LogP contribution is -2.55. The van der Waals surface area contributed by atoms with Crippen molar-refractivity contribution in [2.75, 3.05) is 39.9 Å². The third-order valence-corrected chi connectivity index (χ3v) is 5.22. The summed E-state index contributed by atoms with van der Waals surface area (Å²) in [4.78, 5) is 17.3. The van der Waals surface area contributed by atoms with Gasteiger partial charge in [-0.2, -0.15) is 0 Å². The van der Waals surface area contributed by atoms with Crippen molar-refractivity contribution in [3.8, 4) is 0 Å². The van der Waals surface area contributed by atoms with Crippen LogP contribution in [-0.4, -0.2) is 67.7 Å². The molecule has 0 aromatic carbocycles. The van der Waals surface area contributed by atoms with Crippen LogP contribution >= 0.6 is 24.8 Å². The lowest BCUT2D eigenvalue weighted by atomic mass is 9.91.